The molecule has 0 amide bonds. The van der Waals surface area contributed by atoms with Gasteiger partial charge >= 0.3 is 0 Å². The molecule has 0 unspecified atom stereocenters. The number of hydrogen-bond donors (Lipinski definition) is 1. The maximum atomic E-state index is 5.60. The van der Waals surface area contributed by atoms with Gasteiger partial charge in [0, 0.05) is 12.1 Å². The molecule has 0 atom stereocenters. The molecule has 1 N–H and O–H groups in total. The summed E-state index contributed by atoms with van der Waals surface area (Å²) in [5.41, 5.74) is 2.34. The normalized spacial score (nSPS) is 10.8. The Labute approximate surface area is 97.8 Å². The fraction of sp³-hybridized carbons (Fsp3) is 0.538. The van der Waals surface area contributed by atoms with Crippen molar-refractivity contribution < 1.29 is 9.47 Å². The predicted molar refractivity (Wildman–Crippen MR) is 65.7 cm³/mol. The summed E-state index contributed by atoms with van der Waals surface area (Å²) in [6.45, 7) is 5.52. The lowest BCUT2D eigenvalue weighted by atomic mass is 10.1. The highest BCUT2D eigenvalue weighted by Crippen LogP contribution is 2.21. The zero-order valence-electron chi connectivity index (χ0n) is 10.5. The minimum atomic E-state index is 0.234. The van der Waals surface area contributed by atoms with E-state index in [9.17, 15) is 0 Å². The van der Waals surface area contributed by atoms with E-state index in [4.69, 9.17) is 9.47 Å². The van der Waals surface area contributed by atoms with Crippen LogP contribution in [0.4, 0.5) is 0 Å². The maximum Gasteiger partial charge on any atom is 0.124 e. The lowest BCUT2D eigenvalue weighted by molar-refractivity contribution is 0.0644. The molecule has 90 valence electrons. The van der Waals surface area contributed by atoms with Crippen LogP contribution in [0.5, 0.6) is 5.75 Å². The summed E-state index contributed by atoms with van der Waals surface area (Å²) in [5.74, 6) is 0.889. The minimum absolute atomic E-state index is 0.234. The fourth-order valence-corrected chi connectivity index (χ4v) is 1.52. The van der Waals surface area contributed by atoms with Gasteiger partial charge in [0.1, 0.15) is 5.75 Å². The first-order valence-corrected chi connectivity index (χ1v) is 5.59. The van der Waals surface area contributed by atoms with Crippen LogP contribution < -0.4 is 10.1 Å². The monoisotopic (exact) mass is 223 g/mol. The lowest BCUT2D eigenvalue weighted by Gasteiger charge is -2.13. The molecule has 1 aromatic carbocycles. The molecule has 0 saturated carbocycles. The average molecular weight is 223 g/mol. The second kappa shape index (κ2) is 6.51. The van der Waals surface area contributed by atoms with Crippen LogP contribution in [0.25, 0.3) is 0 Å². The maximum absolute atomic E-state index is 5.60. The molecule has 0 saturated heterocycles. The second-order valence-corrected chi connectivity index (χ2v) is 4.04. The van der Waals surface area contributed by atoms with Crippen molar-refractivity contribution in [1.29, 1.82) is 0 Å². The Kier molecular flexibility index (Phi) is 5.29. The predicted octanol–water partition coefficient (Wildman–Crippen LogP) is 2.34. The largest absolute Gasteiger partial charge is 0.496 e. The average Bonchev–Trinajstić information content (AvgIpc) is 2.27. The Bertz CT molecular complexity index is 324. The van der Waals surface area contributed by atoms with Gasteiger partial charge in [0.25, 0.3) is 0 Å². The van der Waals surface area contributed by atoms with E-state index in [1.807, 2.05) is 27.0 Å². The van der Waals surface area contributed by atoms with Gasteiger partial charge in [0.05, 0.1) is 19.8 Å². The Morgan fingerprint density at radius 1 is 1.31 bits per heavy atom. The topological polar surface area (TPSA) is 30.5 Å². The van der Waals surface area contributed by atoms with E-state index in [0.29, 0.717) is 6.61 Å². The summed E-state index contributed by atoms with van der Waals surface area (Å²) >= 11 is 0. The standard InChI is InChI=1S/C13H21NO2/c1-10(2)16-9-12-7-11(8-14-3)5-6-13(12)15-4/h5-7,10,14H,8-9H2,1-4H3. The van der Waals surface area contributed by atoms with Crippen LogP contribution in [-0.4, -0.2) is 20.3 Å². The molecule has 0 aliphatic rings. The van der Waals surface area contributed by atoms with Gasteiger partial charge in [0.15, 0.2) is 0 Å². The number of ether oxygens (including phenoxy) is 2. The highest BCUT2D eigenvalue weighted by atomic mass is 16.5. The van der Waals surface area contributed by atoms with E-state index in [2.05, 4.69) is 17.4 Å². The Balaban J connectivity index is 2.79. The van der Waals surface area contributed by atoms with E-state index in [1.165, 1.54) is 5.56 Å². The zero-order valence-corrected chi connectivity index (χ0v) is 10.5. The summed E-state index contributed by atoms with van der Waals surface area (Å²) in [4.78, 5) is 0. The van der Waals surface area contributed by atoms with E-state index in [1.54, 1.807) is 7.11 Å². The Morgan fingerprint density at radius 2 is 2.06 bits per heavy atom. The number of benzene rings is 1. The van der Waals surface area contributed by atoms with Crippen molar-refractivity contribution >= 4 is 0 Å². The van der Waals surface area contributed by atoms with Gasteiger partial charge in [-0.2, -0.15) is 0 Å². The summed E-state index contributed by atoms with van der Waals surface area (Å²) < 4.78 is 10.9. The van der Waals surface area contributed by atoms with Gasteiger partial charge in [-0.3, -0.25) is 0 Å². The lowest BCUT2D eigenvalue weighted by Crippen LogP contribution is -2.07. The van der Waals surface area contributed by atoms with Gasteiger partial charge in [-0.05, 0) is 38.6 Å². The molecule has 0 spiro atoms. The highest BCUT2D eigenvalue weighted by Gasteiger charge is 2.05. The van der Waals surface area contributed by atoms with Crippen LogP contribution in [0.15, 0.2) is 18.2 Å². The number of rotatable bonds is 6. The summed E-state index contributed by atoms with van der Waals surface area (Å²) in [7, 11) is 3.63. The molecule has 0 radical (unpaired) electrons. The molecular weight excluding hydrogens is 202 g/mol. The van der Waals surface area contributed by atoms with Gasteiger partial charge in [-0.25, -0.2) is 0 Å². The van der Waals surface area contributed by atoms with Gasteiger partial charge in [-0.1, -0.05) is 6.07 Å². The zero-order chi connectivity index (χ0) is 12.0. The molecule has 0 aliphatic heterocycles. The molecule has 3 heteroatoms. The van der Waals surface area contributed by atoms with Crippen LogP contribution in [0, 0.1) is 0 Å². The first-order chi connectivity index (χ1) is 7.67. The third-order valence-electron chi connectivity index (χ3n) is 2.30. The van der Waals surface area contributed by atoms with Gasteiger partial charge in [0.2, 0.25) is 0 Å². The summed E-state index contributed by atoms with van der Waals surface area (Å²) in [5, 5.41) is 3.13. The molecule has 0 bridgehead atoms. The van der Waals surface area contributed by atoms with Crippen molar-refractivity contribution in [3.63, 3.8) is 0 Å². The van der Waals surface area contributed by atoms with E-state index < -0.39 is 0 Å². The van der Waals surface area contributed by atoms with E-state index in [0.717, 1.165) is 17.9 Å². The fourth-order valence-electron chi connectivity index (χ4n) is 1.52. The van der Waals surface area contributed by atoms with E-state index in [-0.39, 0.29) is 6.10 Å². The molecular formula is C13H21NO2. The molecule has 0 heterocycles. The van der Waals surface area contributed by atoms with Crippen LogP contribution in [0.1, 0.15) is 25.0 Å². The SMILES string of the molecule is CNCc1ccc(OC)c(COC(C)C)c1. The summed E-state index contributed by atoms with van der Waals surface area (Å²) in [6, 6.07) is 6.18. The van der Waals surface area contributed by atoms with Crippen LogP contribution in [0.3, 0.4) is 0 Å². The molecule has 1 aromatic rings. The molecule has 16 heavy (non-hydrogen) atoms. The van der Waals surface area contributed by atoms with Crippen LogP contribution >= 0.6 is 0 Å². The van der Waals surface area contributed by atoms with Crippen molar-refractivity contribution in [2.45, 2.75) is 33.1 Å². The van der Waals surface area contributed by atoms with Gasteiger partial charge < -0.3 is 14.8 Å². The van der Waals surface area contributed by atoms with Crippen molar-refractivity contribution in [2.75, 3.05) is 14.2 Å². The van der Waals surface area contributed by atoms with Crippen molar-refractivity contribution in [3.05, 3.63) is 29.3 Å². The minimum Gasteiger partial charge on any atom is -0.496 e. The van der Waals surface area contributed by atoms with Crippen LogP contribution in [-0.2, 0) is 17.9 Å². The highest BCUT2D eigenvalue weighted by molar-refractivity contribution is 5.36. The number of hydrogen-bond acceptors (Lipinski definition) is 3. The molecule has 0 aromatic heterocycles. The number of methoxy groups -OCH3 is 1. The Morgan fingerprint density at radius 3 is 2.62 bits per heavy atom. The number of nitrogens with one attached hydrogen (secondary N) is 1. The van der Waals surface area contributed by atoms with E-state index >= 15 is 0 Å². The summed E-state index contributed by atoms with van der Waals surface area (Å²) in [6.07, 6.45) is 0.234. The van der Waals surface area contributed by atoms with Crippen LogP contribution in [0.2, 0.25) is 0 Å². The quantitative estimate of drug-likeness (QED) is 0.803. The third-order valence-corrected chi connectivity index (χ3v) is 2.30. The second-order valence-electron chi connectivity index (χ2n) is 4.04. The van der Waals surface area contributed by atoms with Crippen molar-refractivity contribution in [3.8, 4) is 5.75 Å². The molecule has 3 nitrogen and oxygen atoms in total. The van der Waals surface area contributed by atoms with Crippen molar-refractivity contribution in [2.24, 2.45) is 0 Å². The third kappa shape index (κ3) is 3.83. The van der Waals surface area contributed by atoms with Gasteiger partial charge in [-0.15, -0.1) is 0 Å². The first-order valence-electron chi connectivity index (χ1n) is 5.59. The smallest absolute Gasteiger partial charge is 0.124 e. The first kappa shape index (κ1) is 13.0. The molecule has 1 rings (SSSR count). The Hall–Kier alpha value is -1.06. The molecule has 0 aliphatic carbocycles. The van der Waals surface area contributed by atoms with Crippen molar-refractivity contribution in [1.82, 2.24) is 5.32 Å². The molecule has 0 fully saturated rings.